The summed E-state index contributed by atoms with van der Waals surface area (Å²) in [6, 6.07) is 11.2. The lowest BCUT2D eigenvalue weighted by atomic mass is 9.99. The Morgan fingerprint density at radius 1 is 1.07 bits per heavy atom. The molecule has 0 spiro atoms. The molecule has 4 rings (SSSR count). The van der Waals surface area contributed by atoms with Gasteiger partial charge in [-0.05, 0) is 75.8 Å². The molecule has 4 heteroatoms. The molecule has 0 radical (unpaired) electrons. The normalized spacial score (nSPS) is 18.0. The van der Waals surface area contributed by atoms with Crippen LogP contribution in [0.25, 0.3) is 0 Å². The van der Waals surface area contributed by atoms with Crippen LogP contribution in [0.2, 0.25) is 0 Å². The van der Waals surface area contributed by atoms with Crippen LogP contribution in [-0.4, -0.2) is 30.0 Å². The second-order valence-corrected chi connectivity index (χ2v) is 8.38. The number of rotatable bonds is 6. The van der Waals surface area contributed by atoms with Crippen LogP contribution in [0.15, 0.2) is 30.3 Å². The van der Waals surface area contributed by atoms with Crippen molar-refractivity contribution in [2.24, 2.45) is 5.92 Å². The van der Waals surface area contributed by atoms with Crippen LogP contribution in [0.5, 0.6) is 0 Å². The topological polar surface area (TPSA) is 37.3 Å². The lowest BCUT2D eigenvalue weighted by Crippen LogP contribution is -2.32. The van der Waals surface area contributed by atoms with Gasteiger partial charge >= 0.3 is 0 Å². The number of nitrogens with zero attached hydrogens (tertiary/aromatic N) is 2. The average Bonchev–Trinajstić information content (AvgIpc) is 3.45. The van der Waals surface area contributed by atoms with Gasteiger partial charge < -0.3 is 14.8 Å². The minimum absolute atomic E-state index is 0.170. The van der Waals surface area contributed by atoms with Crippen LogP contribution in [-0.2, 0) is 0 Å². The van der Waals surface area contributed by atoms with E-state index in [1.165, 1.54) is 37.1 Å². The summed E-state index contributed by atoms with van der Waals surface area (Å²) in [4.78, 5) is 15.2. The van der Waals surface area contributed by atoms with Crippen molar-refractivity contribution in [3.8, 4) is 0 Å². The molecule has 2 heterocycles. The Labute approximate surface area is 162 Å². The Morgan fingerprint density at radius 3 is 2.37 bits per heavy atom. The molecule has 0 atom stereocenters. The second kappa shape index (κ2) is 7.41. The molecule has 0 bridgehead atoms. The molecule has 2 fully saturated rings. The summed E-state index contributed by atoms with van der Waals surface area (Å²) in [7, 11) is 0. The van der Waals surface area contributed by atoms with Crippen molar-refractivity contribution in [2.75, 3.05) is 29.9 Å². The van der Waals surface area contributed by atoms with Gasteiger partial charge in [-0.2, -0.15) is 0 Å². The van der Waals surface area contributed by atoms with E-state index < -0.39 is 0 Å². The number of piperidine rings is 1. The highest BCUT2D eigenvalue weighted by atomic mass is 16.1. The van der Waals surface area contributed by atoms with Crippen LogP contribution in [0.1, 0.15) is 60.4 Å². The highest BCUT2D eigenvalue weighted by Crippen LogP contribution is 2.38. The van der Waals surface area contributed by atoms with Crippen LogP contribution in [0.4, 0.5) is 11.4 Å². The van der Waals surface area contributed by atoms with Gasteiger partial charge in [0.05, 0.1) is 6.54 Å². The van der Waals surface area contributed by atoms with E-state index in [1.54, 1.807) is 0 Å². The zero-order valence-electron chi connectivity index (χ0n) is 16.8. The monoisotopic (exact) mass is 365 g/mol. The molecule has 1 aliphatic heterocycles. The summed E-state index contributed by atoms with van der Waals surface area (Å²) < 4.78 is 2.33. The molecule has 1 aromatic heterocycles. The molecule has 27 heavy (non-hydrogen) atoms. The fraction of sp³-hybridized carbons (Fsp3) is 0.522. The minimum atomic E-state index is 0.170. The van der Waals surface area contributed by atoms with Crippen molar-refractivity contribution >= 4 is 17.2 Å². The number of aryl methyl sites for hydroxylation is 1. The van der Waals surface area contributed by atoms with Crippen molar-refractivity contribution in [2.45, 2.75) is 52.5 Å². The van der Waals surface area contributed by atoms with Crippen molar-refractivity contribution in [1.29, 1.82) is 0 Å². The molecule has 2 aromatic rings. The molecule has 1 aromatic carbocycles. The van der Waals surface area contributed by atoms with Crippen molar-refractivity contribution in [3.63, 3.8) is 0 Å². The van der Waals surface area contributed by atoms with Crippen molar-refractivity contribution in [1.82, 2.24) is 4.57 Å². The predicted molar refractivity (Wildman–Crippen MR) is 112 cm³/mol. The Balaban J connectivity index is 1.36. The molecule has 1 saturated carbocycles. The fourth-order valence-electron chi connectivity index (χ4n) is 4.29. The molecule has 4 nitrogen and oxygen atoms in total. The van der Waals surface area contributed by atoms with Gasteiger partial charge in [-0.3, -0.25) is 4.79 Å². The average molecular weight is 366 g/mol. The third-order valence-corrected chi connectivity index (χ3v) is 6.17. The van der Waals surface area contributed by atoms with Gasteiger partial charge in [-0.25, -0.2) is 0 Å². The molecule has 0 unspecified atom stereocenters. The fourth-order valence-corrected chi connectivity index (χ4v) is 4.29. The predicted octanol–water partition coefficient (Wildman–Crippen LogP) is 4.97. The Hall–Kier alpha value is -2.23. The molecular formula is C23H31N3O. The van der Waals surface area contributed by atoms with E-state index >= 15 is 0 Å². The first-order chi connectivity index (χ1) is 13.0. The number of Topliss-reactive ketones (excluding diaryl/α,β-unsaturated/α-hetero) is 1. The zero-order chi connectivity index (χ0) is 19.0. The molecule has 144 valence electrons. The summed E-state index contributed by atoms with van der Waals surface area (Å²) in [6.07, 6.45) is 5.02. The maximum atomic E-state index is 12.7. The van der Waals surface area contributed by atoms with Crippen molar-refractivity contribution in [3.05, 3.63) is 47.3 Å². The first-order valence-corrected chi connectivity index (χ1v) is 10.3. The van der Waals surface area contributed by atoms with Gasteiger partial charge in [0, 0.05) is 47.5 Å². The number of carbonyl (C=O) groups is 1. The maximum Gasteiger partial charge on any atom is 0.183 e. The smallest absolute Gasteiger partial charge is 0.183 e. The number of ketones is 1. The first-order valence-electron chi connectivity index (χ1n) is 10.3. The summed E-state index contributed by atoms with van der Waals surface area (Å²) in [5, 5.41) is 3.30. The summed E-state index contributed by atoms with van der Waals surface area (Å²) in [5.74, 6) is 1.01. The third kappa shape index (κ3) is 3.90. The molecule has 2 aliphatic rings. The van der Waals surface area contributed by atoms with Crippen LogP contribution in [0.3, 0.4) is 0 Å². The highest BCUT2D eigenvalue weighted by Gasteiger charge is 2.28. The Kier molecular flexibility index (Phi) is 4.98. The molecular weight excluding hydrogens is 334 g/mol. The number of benzene rings is 1. The number of nitrogens with one attached hydrogen (secondary N) is 1. The number of carbonyl (C=O) groups excluding carboxylic acids is 1. The quantitative estimate of drug-likeness (QED) is 0.734. The van der Waals surface area contributed by atoms with E-state index in [4.69, 9.17) is 0 Å². The van der Waals surface area contributed by atoms with Crippen LogP contribution >= 0.6 is 0 Å². The number of anilines is 2. The Bertz CT molecular complexity index is 809. The van der Waals surface area contributed by atoms with E-state index in [1.807, 2.05) is 0 Å². The SMILES string of the molecule is Cc1cc(C(=O)CNc2ccc(N3CCC(C)CC3)cc2)c(C)n1C1CC1. The number of hydrogen-bond donors (Lipinski definition) is 1. The highest BCUT2D eigenvalue weighted by molar-refractivity contribution is 6.00. The van der Waals surface area contributed by atoms with Gasteiger partial charge in [0.25, 0.3) is 0 Å². The summed E-state index contributed by atoms with van der Waals surface area (Å²) in [6.45, 7) is 9.15. The van der Waals surface area contributed by atoms with Gasteiger partial charge in [-0.1, -0.05) is 6.92 Å². The molecule has 0 amide bonds. The molecule has 1 saturated heterocycles. The second-order valence-electron chi connectivity index (χ2n) is 8.38. The minimum Gasteiger partial charge on any atom is -0.378 e. The first kappa shape index (κ1) is 18.1. The largest absolute Gasteiger partial charge is 0.378 e. The van der Waals surface area contributed by atoms with Gasteiger partial charge in [0.2, 0.25) is 0 Å². The van der Waals surface area contributed by atoms with Gasteiger partial charge in [0.15, 0.2) is 5.78 Å². The van der Waals surface area contributed by atoms with E-state index in [0.717, 1.165) is 36.0 Å². The summed E-state index contributed by atoms with van der Waals surface area (Å²) in [5.41, 5.74) is 5.49. The van der Waals surface area contributed by atoms with E-state index in [-0.39, 0.29) is 5.78 Å². The van der Waals surface area contributed by atoms with Crippen LogP contribution < -0.4 is 10.2 Å². The van der Waals surface area contributed by atoms with Crippen LogP contribution in [0, 0.1) is 19.8 Å². The summed E-state index contributed by atoms with van der Waals surface area (Å²) >= 11 is 0. The van der Waals surface area contributed by atoms with Gasteiger partial charge in [0.1, 0.15) is 0 Å². The molecule has 1 N–H and O–H groups in total. The lowest BCUT2D eigenvalue weighted by Gasteiger charge is -2.32. The van der Waals surface area contributed by atoms with E-state index in [9.17, 15) is 4.79 Å². The number of hydrogen-bond acceptors (Lipinski definition) is 3. The molecule has 1 aliphatic carbocycles. The maximum absolute atomic E-state index is 12.7. The van der Waals surface area contributed by atoms with E-state index in [2.05, 4.69) is 65.9 Å². The third-order valence-electron chi connectivity index (χ3n) is 6.17. The zero-order valence-corrected chi connectivity index (χ0v) is 16.8. The lowest BCUT2D eigenvalue weighted by molar-refractivity contribution is 0.101. The van der Waals surface area contributed by atoms with Gasteiger partial charge in [-0.15, -0.1) is 0 Å². The Morgan fingerprint density at radius 2 is 1.74 bits per heavy atom. The van der Waals surface area contributed by atoms with Crippen molar-refractivity contribution < 1.29 is 4.79 Å². The number of aromatic nitrogens is 1. The van der Waals surface area contributed by atoms with E-state index in [0.29, 0.717) is 12.6 Å². The standard InChI is InChI=1S/C23H31N3O/c1-16-10-12-25(13-11-16)20-6-4-19(5-7-20)24-15-23(27)22-14-17(2)26(18(22)3)21-8-9-21/h4-7,14,16,21,24H,8-13,15H2,1-3H3.